The summed E-state index contributed by atoms with van der Waals surface area (Å²) in [5, 5.41) is 8.10. The van der Waals surface area contributed by atoms with E-state index in [1.807, 2.05) is 42.5 Å². The van der Waals surface area contributed by atoms with Crippen LogP contribution in [0.15, 0.2) is 103 Å². The van der Waals surface area contributed by atoms with Crippen LogP contribution in [-0.2, 0) is 5.41 Å². The predicted molar refractivity (Wildman–Crippen MR) is 137 cm³/mol. The van der Waals surface area contributed by atoms with Gasteiger partial charge in [0.15, 0.2) is 0 Å². The Morgan fingerprint density at radius 1 is 0.562 bits per heavy atom. The Hall–Kier alpha value is -3.50. The van der Waals surface area contributed by atoms with Gasteiger partial charge in [0, 0.05) is 22.7 Å². The van der Waals surface area contributed by atoms with Crippen molar-refractivity contribution in [2.75, 3.05) is 10.6 Å². The molecule has 0 aromatic heterocycles. The number of hydrogen-bond acceptors (Lipinski definition) is 3. The fourth-order valence-electron chi connectivity index (χ4n) is 3.44. The Morgan fingerprint density at radius 2 is 1.03 bits per heavy atom. The quantitative estimate of drug-likeness (QED) is 0.313. The molecule has 2 radical (unpaired) electrons. The second-order valence-electron chi connectivity index (χ2n) is 8.72. The highest BCUT2D eigenvalue weighted by Crippen LogP contribution is 2.24. The van der Waals surface area contributed by atoms with Crippen LogP contribution in [0.3, 0.4) is 0 Å². The Morgan fingerprint density at radius 3 is 1.59 bits per heavy atom. The summed E-state index contributed by atoms with van der Waals surface area (Å²) in [5.41, 5.74) is 5.64. The number of nitrogens with one attached hydrogen (secondary N) is 2. The molecule has 0 heterocycles. The van der Waals surface area contributed by atoms with E-state index in [0.717, 1.165) is 28.5 Å². The summed E-state index contributed by atoms with van der Waals surface area (Å²) in [6.45, 7) is 6.71. The monoisotopic (exact) mass is 436 g/mol. The molecule has 3 nitrogen and oxygen atoms in total. The van der Waals surface area contributed by atoms with Crippen molar-refractivity contribution in [3.05, 3.63) is 109 Å². The van der Waals surface area contributed by atoms with Crippen molar-refractivity contribution in [3.8, 4) is 5.75 Å². The van der Waals surface area contributed by atoms with E-state index in [1.54, 1.807) is 0 Å². The van der Waals surface area contributed by atoms with Crippen LogP contribution in [0.5, 0.6) is 5.75 Å². The number of rotatable bonds is 7. The van der Waals surface area contributed by atoms with Crippen LogP contribution in [0.2, 0.25) is 0 Å². The highest BCUT2D eigenvalue weighted by Gasteiger charge is 2.18. The second kappa shape index (κ2) is 9.75. The lowest BCUT2D eigenvalue weighted by molar-refractivity contribution is 0.584. The Balaban J connectivity index is 1.34. The first-order chi connectivity index (χ1) is 15.5. The number of para-hydroxylation sites is 1. The third-order valence-corrected chi connectivity index (χ3v) is 6.10. The van der Waals surface area contributed by atoms with Gasteiger partial charge in [-0.3, -0.25) is 0 Å². The van der Waals surface area contributed by atoms with Crippen LogP contribution >= 0.6 is 0 Å². The molecule has 0 fully saturated rings. The first-order valence-corrected chi connectivity index (χ1v) is 11.7. The van der Waals surface area contributed by atoms with E-state index in [2.05, 4.69) is 92.1 Å². The third-order valence-electron chi connectivity index (χ3n) is 5.10. The van der Waals surface area contributed by atoms with Crippen molar-refractivity contribution >= 4 is 37.7 Å². The molecule has 0 saturated heterocycles. The largest absolute Gasteiger partial charge is 0.536 e. The van der Waals surface area contributed by atoms with Crippen molar-refractivity contribution < 1.29 is 4.43 Å². The maximum Gasteiger partial charge on any atom is 0.351 e. The van der Waals surface area contributed by atoms with Gasteiger partial charge in [-0.15, -0.1) is 0 Å². The van der Waals surface area contributed by atoms with Gasteiger partial charge in [0.1, 0.15) is 5.75 Å². The minimum Gasteiger partial charge on any atom is -0.536 e. The van der Waals surface area contributed by atoms with Crippen LogP contribution in [0.4, 0.5) is 22.7 Å². The van der Waals surface area contributed by atoms with Crippen molar-refractivity contribution in [1.29, 1.82) is 0 Å². The van der Waals surface area contributed by atoms with Crippen LogP contribution in [0, 0.1) is 0 Å². The van der Waals surface area contributed by atoms with Gasteiger partial charge in [0.2, 0.25) is 0 Å². The molecule has 2 N–H and O–H groups in total. The predicted octanol–water partition coefficient (Wildman–Crippen LogP) is 6.79. The zero-order valence-electron chi connectivity index (χ0n) is 18.7. The molecular formula is C28H28N2OSi. The van der Waals surface area contributed by atoms with E-state index < -0.39 is 0 Å². The summed E-state index contributed by atoms with van der Waals surface area (Å²) in [4.78, 5) is 0. The smallest absolute Gasteiger partial charge is 0.351 e. The summed E-state index contributed by atoms with van der Waals surface area (Å²) in [6.07, 6.45) is 0. The SMILES string of the molecule is CC(C)(C)c1ccccc1[Si]Oc1ccc(Nc2ccc(Nc3ccccc3)cc2)cc1. The fraction of sp³-hybridized carbons (Fsp3) is 0.143. The lowest BCUT2D eigenvalue weighted by Crippen LogP contribution is -2.30. The van der Waals surface area contributed by atoms with Gasteiger partial charge in [-0.1, -0.05) is 63.2 Å². The number of benzene rings is 4. The van der Waals surface area contributed by atoms with Crippen molar-refractivity contribution in [2.24, 2.45) is 0 Å². The van der Waals surface area contributed by atoms with Crippen LogP contribution in [-0.4, -0.2) is 9.76 Å². The summed E-state index contributed by atoms with van der Waals surface area (Å²) in [7, 11) is 0.284. The third kappa shape index (κ3) is 5.80. The molecule has 32 heavy (non-hydrogen) atoms. The number of hydrogen-bond donors (Lipinski definition) is 2. The Bertz CT molecular complexity index is 1130. The van der Waals surface area contributed by atoms with Crippen LogP contribution in [0.25, 0.3) is 0 Å². The van der Waals surface area contributed by atoms with Gasteiger partial charge < -0.3 is 15.1 Å². The molecule has 0 amide bonds. The average molecular weight is 437 g/mol. The minimum atomic E-state index is 0.104. The normalized spacial score (nSPS) is 11.1. The first kappa shape index (κ1) is 21.7. The molecule has 0 aliphatic rings. The first-order valence-electron chi connectivity index (χ1n) is 10.8. The van der Waals surface area contributed by atoms with Crippen molar-refractivity contribution in [2.45, 2.75) is 26.2 Å². The molecule has 0 bridgehead atoms. The molecule has 0 atom stereocenters. The standard InChI is InChI=1S/C28H28N2OSi/c1-28(2,3)26-11-7-8-12-27(26)32-31-25-19-17-24(18-20-25)30-23-15-13-22(14-16-23)29-21-9-5-4-6-10-21/h4-20,29-30H,1-3H3. The van der Waals surface area contributed by atoms with Gasteiger partial charge in [-0.05, 0) is 76.8 Å². The van der Waals surface area contributed by atoms with Crippen LogP contribution in [0.1, 0.15) is 26.3 Å². The molecule has 4 heteroatoms. The van der Waals surface area contributed by atoms with E-state index >= 15 is 0 Å². The van der Waals surface area contributed by atoms with Crippen molar-refractivity contribution in [1.82, 2.24) is 0 Å². The molecule has 160 valence electrons. The summed E-state index contributed by atoms with van der Waals surface area (Å²) in [6, 6.07) is 35.1. The van der Waals surface area contributed by atoms with E-state index in [-0.39, 0.29) is 15.2 Å². The molecule has 4 rings (SSSR count). The zero-order chi connectivity index (χ0) is 22.4. The Labute approximate surface area is 193 Å². The van der Waals surface area contributed by atoms with Gasteiger partial charge in [-0.2, -0.15) is 0 Å². The summed E-state index contributed by atoms with van der Waals surface area (Å²) < 4.78 is 6.10. The topological polar surface area (TPSA) is 33.3 Å². The van der Waals surface area contributed by atoms with Crippen LogP contribution < -0.4 is 20.2 Å². The molecule has 4 aromatic carbocycles. The zero-order valence-corrected chi connectivity index (χ0v) is 19.7. The molecule has 4 aromatic rings. The lowest BCUT2D eigenvalue weighted by atomic mass is 9.87. The molecule has 0 saturated carbocycles. The van der Waals surface area contributed by atoms with E-state index in [4.69, 9.17) is 4.43 Å². The maximum atomic E-state index is 6.10. The van der Waals surface area contributed by atoms with Gasteiger partial charge in [-0.25, -0.2) is 0 Å². The van der Waals surface area contributed by atoms with E-state index in [1.165, 1.54) is 10.8 Å². The molecule has 0 aliphatic carbocycles. The summed E-state index contributed by atoms with van der Waals surface area (Å²) >= 11 is 0. The number of anilines is 4. The minimum absolute atomic E-state index is 0.104. The van der Waals surface area contributed by atoms with Gasteiger partial charge in [0.05, 0.1) is 0 Å². The highest BCUT2D eigenvalue weighted by molar-refractivity contribution is 6.48. The van der Waals surface area contributed by atoms with Crippen molar-refractivity contribution in [3.63, 3.8) is 0 Å². The highest BCUT2D eigenvalue weighted by atomic mass is 28.2. The molecule has 0 spiro atoms. The molecule has 0 unspecified atom stereocenters. The Kier molecular flexibility index (Phi) is 6.62. The fourth-order valence-corrected chi connectivity index (χ4v) is 4.53. The molecular weight excluding hydrogens is 408 g/mol. The average Bonchev–Trinajstić information content (AvgIpc) is 2.80. The van der Waals surface area contributed by atoms with Gasteiger partial charge >= 0.3 is 9.76 Å². The van der Waals surface area contributed by atoms with E-state index in [9.17, 15) is 0 Å². The summed E-state index contributed by atoms with van der Waals surface area (Å²) in [5.74, 6) is 0.875. The molecule has 0 aliphatic heterocycles. The van der Waals surface area contributed by atoms with Gasteiger partial charge in [0.25, 0.3) is 0 Å². The lowest BCUT2D eigenvalue weighted by Gasteiger charge is -2.22. The van der Waals surface area contributed by atoms with E-state index in [0.29, 0.717) is 0 Å². The maximum absolute atomic E-state index is 6.10. The second-order valence-corrected chi connectivity index (χ2v) is 9.66.